The third-order valence-corrected chi connectivity index (χ3v) is 4.97. The highest BCUT2D eigenvalue weighted by Gasteiger charge is 2.25. The van der Waals surface area contributed by atoms with Gasteiger partial charge < -0.3 is 5.32 Å². The molecule has 6 heteroatoms. The number of rotatable bonds is 4. The Morgan fingerprint density at radius 1 is 1.47 bits per heavy atom. The van der Waals surface area contributed by atoms with Crippen molar-refractivity contribution in [2.45, 2.75) is 12.5 Å². The maximum Gasteiger partial charge on any atom is 0.254 e. The van der Waals surface area contributed by atoms with Gasteiger partial charge in [0.05, 0.1) is 16.1 Å². The Kier molecular flexibility index (Phi) is 5.41. The number of carbonyl (C=O) groups excluding carboxylic acids is 1. The number of amides is 1. The van der Waals surface area contributed by atoms with Crippen LogP contribution in [0.2, 0.25) is 5.02 Å². The van der Waals surface area contributed by atoms with Gasteiger partial charge in [-0.15, -0.1) is 0 Å². The Labute approximate surface area is 121 Å². The number of benzene rings is 1. The second-order valence-corrected chi connectivity index (χ2v) is 5.41. The van der Waals surface area contributed by atoms with E-state index >= 15 is 0 Å². The maximum atomic E-state index is 13.6. The zero-order valence-electron chi connectivity index (χ0n) is 9.07. The summed E-state index contributed by atoms with van der Waals surface area (Å²) >= 11 is 12.2. The summed E-state index contributed by atoms with van der Waals surface area (Å²) in [6.45, 7) is 1.84. The SMILES string of the molecule is CC(CBr)(CBr)NC(=O)c1cccc(Cl)c1F. The fraction of sp³-hybridized carbons (Fsp3) is 0.364. The Hall–Kier alpha value is -0.130. The number of hydrogen-bond acceptors (Lipinski definition) is 1. The predicted molar refractivity (Wildman–Crippen MR) is 74.9 cm³/mol. The first-order valence-corrected chi connectivity index (χ1v) is 7.44. The van der Waals surface area contributed by atoms with Crippen molar-refractivity contribution in [3.63, 3.8) is 0 Å². The highest BCUT2D eigenvalue weighted by atomic mass is 79.9. The van der Waals surface area contributed by atoms with Crippen LogP contribution in [0.1, 0.15) is 17.3 Å². The molecule has 0 radical (unpaired) electrons. The normalized spacial score (nSPS) is 11.4. The van der Waals surface area contributed by atoms with E-state index < -0.39 is 17.3 Å². The van der Waals surface area contributed by atoms with Crippen LogP contribution in [0.25, 0.3) is 0 Å². The third-order valence-electron chi connectivity index (χ3n) is 2.20. The average Bonchev–Trinajstić information content (AvgIpc) is 2.32. The van der Waals surface area contributed by atoms with E-state index in [0.29, 0.717) is 10.7 Å². The quantitative estimate of drug-likeness (QED) is 0.784. The van der Waals surface area contributed by atoms with E-state index in [0.717, 1.165) is 0 Å². The topological polar surface area (TPSA) is 29.1 Å². The number of carbonyl (C=O) groups is 1. The molecule has 1 aromatic rings. The van der Waals surface area contributed by atoms with Crippen LogP contribution >= 0.6 is 43.5 Å². The number of alkyl halides is 2. The number of hydrogen-bond donors (Lipinski definition) is 1. The lowest BCUT2D eigenvalue weighted by Gasteiger charge is -2.26. The fourth-order valence-electron chi connectivity index (χ4n) is 1.12. The lowest BCUT2D eigenvalue weighted by Crippen LogP contribution is -2.49. The van der Waals surface area contributed by atoms with Crippen molar-refractivity contribution in [1.29, 1.82) is 0 Å². The smallest absolute Gasteiger partial charge is 0.254 e. The van der Waals surface area contributed by atoms with Crippen molar-refractivity contribution in [3.05, 3.63) is 34.6 Å². The van der Waals surface area contributed by atoms with Crippen LogP contribution in [0, 0.1) is 5.82 Å². The molecular weight excluding hydrogens is 376 g/mol. The Bertz CT molecular complexity index is 424. The van der Waals surface area contributed by atoms with Crippen molar-refractivity contribution in [1.82, 2.24) is 5.32 Å². The van der Waals surface area contributed by atoms with E-state index in [1.54, 1.807) is 6.07 Å². The lowest BCUT2D eigenvalue weighted by atomic mass is 10.1. The van der Waals surface area contributed by atoms with E-state index in [1.165, 1.54) is 12.1 Å². The van der Waals surface area contributed by atoms with Crippen molar-refractivity contribution >= 4 is 49.4 Å². The average molecular weight is 387 g/mol. The van der Waals surface area contributed by atoms with Gasteiger partial charge >= 0.3 is 0 Å². The van der Waals surface area contributed by atoms with Crippen LogP contribution in [0.15, 0.2) is 18.2 Å². The first-order chi connectivity index (χ1) is 7.93. The fourth-order valence-corrected chi connectivity index (χ4v) is 2.51. The van der Waals surface area contributed by atoms with Crippen LogP contribution < -0.4 is 5.32 Å². The van der Waals surface area contributed by atoms with Crippen LogP contribution in [0.4, 0.5) is 4.39 Å². The minimum atomic E-state index is -0.696. The van der Waals surface area contributed by atoms with Crippen LogP contribution in [0.3, 0.4) is 0 Å². The molecule has 0 aliphatic rings. The summed E-state index contributed by atoms with van der Waals surface area (Å²) in [5, 5.41) is 3.80. The van der Waals surface area contributed by atoms with Crippen LogP contribution in [0.5, 0.6) is 0 Å². The Balaban J connectivity index is 2.94. The zero-order chi connectivity index (χ0) is 13.1. The van der Waals surface area contributed by atoms with Gasteiger partial charge in [0.2, 0.25) is 0 Å². The highest BCUT2D eigenvalue weighted by molar-refractivity contribution is 9.09. The van der Waals surface area contributed by atoms with E-state index in [4.69, 9.17) is 11.6 Å². The molecule has 0 fully saturated rings. The van der Waals surface area contributed by atoms with Gasteiger partial charge in [-0.2, -0.15) is 0 Å². The van der Waals surface area contributed by atoms with Gasteiger partial charge in [0, 0.05) is 10.7 Å². The number of nitrogens with one attached hydrogen (secondary N) is 1. The minimum Gasteiger partial charge on any atom is -0.345 e. The molecule has 0 saturated heterocycles. The molecule has 94 valence electrons. The molecule has 0 aliphatic carbocycles. The van der Waals surface area contributed by atoms with Crippen molar-refractivity contribution in [3.8, 4) is 0 Å². The third kappa shape index (κ3) is 3.66. The zero-order valence-corrected chi connectivity index (χ0v) is 13.0. The van der Waals surface area contributed by atoms with E-state index in [9.17, 15) is 9.18 Å². The van der Waals surface area contributed by atoms with Crippen molar-refractivity contribution < 1.29 is 9.18 Å². The van der Waals surface area contributed by atoms with E-state index in [1.807, 2.05) is 6.92 Å². The van der Waals surface area contributed by atoms with Gasteiger partial charge in [-0.1, -0.05) is 49.5 Å². The molecule has 2 nitrogen and oxygen atoms in total. The second-order valence-electron chi connectivity index (χ2n) is 3.88. The van der Waals surface area contributed by atoms with Crippen LogP contribution in [-0.4, -0.2) is 22.1 Å². The molecule has 1 rings (SSSR count). The van der Waals surface area contributed by atoms with Gasteiger partial charge in [0.25, 0.3) is 5.91 Å². The van der Waals surface area contributed by atoms with Gasteiger partial charge in [0.1, 0.15) is 0 Å². The summed E-state index contributed by atoms with van der Waals surface area (Å²) in [5.41, 5.74) is -0.531. The standard InChI is InChI=1S/C11H11Br2ClFNO/c1-11(5-12,6-13)16-10(17)7-3-2-4-8(14)9(7)15/h2-4H,5-6H2,1H3,(H,16,17). The van der Waals surface area contributed by atoms with Gasteiger partial charge in [-0.3, -0.25) is 4.79 Å². The summed E-state index contributed by atoms with van der Waals surface area (Å²) in [6.07, 6.45) is 0. The first kappa shape index (κ1) is 14.9. The van der Waals surface area contributed by atoms with E-state index in [-0.39, 0.29) is 10.6 Å². The largest absolute Gasteiger partial charge is 0.345 e. The van der Waals surface area contributed by atoms with Crippen molar-refractivity contribution in [2.24, 2.45) is 0 Å². The summed E-state index contributed by atoms with van der Waals surface area (Å²) in [7, 11) is 0. The highest BCUT2D eigenvalue weighted by Crippen LogP contribution is 2.19. The second kappa shape index (κ2) is 6.16. The molecule has 0 saturated carbocycles. The molecule has 1 aromatic carbocycles. The molecule has 0 atom stereocenters. The molecular formula is C11H11Br2ClFNO. The molecule has 1 N–H and O–H groups in total. The summed E-state index contributed by atoms with van der Waals surface area (Å²) < 4.78 is 13.6. The summed E-state index contributed by atoms with van der Waals surface area (Å²) in [5.74, 6) is -1.18. The molecule has 0 bridgehead atoms. The van der Waals surface area contributed by atoms with Crippen LogP contribution in [-0.2, 0) is 0 Å². The minimum absolute atomic E-state index is 0.0503. The molecule has 0 heterocycles. The summed E-state index contributed by atoms with van der Waals surface area (Å²) in [6, 6.07) is 4.35. The molecule has 1 amide bonds. The van der Waals surface area contributed by atoms with Crippen molar-refractivity contribution in [2.75, 3.05) is 10.7 Å². The molecule has 0 aliphatic heterocycles. The summed E-state index contributed by atoms with van der Waals surface area (Å²) in [4.78, 5) is 11.9. The molecule has 0 spiro atoms. The van der Waals surface area contributed by atoms with Gasteiger partial charge in [-0.25, -0.2) is 4.39 Å². The Morgan fingerprint density at radius 2 is 2.06 bits per heavy atom. The molecule has 0 aromatic heterocycles. The Morgan fingerprint density at radius 3 is 2.59 bits per heavy atom. The number of halogens is 4. The maximum absolute atomic E-state index is 13.6. The van der Waals surface area contributed by atoms with E-state index in [2.05, 4.69) is 37.2 Å². The van der Waals surface area contributed by atoms with Gasteiger partial charge in [-0.05, 0) is 19.1 Å². The predicted octanol–water partition coefficient (Wildman–Crippen LogP) is 3.76. The van der Waals surface area contributed by atoms with Gasteiger partial charge in [0.15, 0.2) is 5.82 Å². The lowest BCUT2D eigenvalue weighted by molar-refractivity contribution is 0.0919. The monoisotopic (exact) mass is 385 g/mol. The molecule has 0 unspecified atom stereocenters. The first-order valence-electron chi connectivity index (χ1n) is 4.82. The molecule has 17 heavy (non-hydrogen) atoms.